The SMILES string of the molecule is O=C(CCN1C(=O)c2cccc([N+](=O)[O-])c2C1=O)OCC(=O)c1ccc2c(c1)-c1ccccc1C2. The predicted molar refractivity (Wildman–Crippen MR) is 123 cm³/mol. The van der Waals surface area contributed by atoms with Gasteiger partial charge in [0.25, 0.3) is 17.5 Å². The standard InChI is InChI=1S/C26H18N2O7/c29-22(17-9-8-16-12-15-4-1-2-5-18(15)20(16)13-17)14-35-23(30)10-11-27-25(31)19-6-3-7-21(28(33)34)24(19)26(27)32/h1-9,13H,10-12,14H2. The Morgan fingerprint density at radius 3 is 2.46 bits per heavy atom. The van der Waals surface area contributed by atoms with Crippen molar-refractivity contribution in [2.75, 3.05) is 13.2 Å². The molecule has 0 saturated heterocycles. The van der Waals surface area contributed by atoms with Crippen molar-refractivity contribution in [3.05, 3.63) is 98.6 Å². The van der Waals surface area contributed by atoms with Gasteiger partial charge < -0.3 is 4.74 Å². The molecule has 9 nitrogen and oxygen atoms in total. The first-order valence-corrected chi connectivity index (χ1v) is 10.9. The Morgan fingerprint density at radius 2 is 1.66 bits per heavy atom. The van der Waals surface area contributed by atoms with Crippen molar-refractivity contribution in [3.8, 4) is 11.1 Å². The number of hydrogen-bond donors (Lipinski definition) is 0. The highest BCUT2D eigenvalue weighted by molar-refractivity contribution is 6.23. The highest BCUT2D eigenvalue weighted by Gasteiger charge is 2.40. The van der Waals surface area contributed by atoms with E-state index in [0.29, 0.717) is 5.56 Å². The summed E-state index contributed by atoms with van der Waals surface area (Å²) in [7, 11) is 0. The van der Waals surface area contributed by atoms with Crippen LogP contribution in [0, 0.1) is 10.1 Å². The molecule has 2 amide bonds. The van der Waals surface area contributed by atoms with Crippen LogP contribution in [0.5, 0.6) is 0 Å². The van der Waals surface area contributed by atoms with Crippen molar-refractivity contribution >= 4 is 29.3 Å². The molecule has 0 radical (unpaired) electrons. The maximum atomic E-state index is 12.6. The van der Waals surface area contributed by atoms with Crippen LogP contribution in [0.15, 0.2) is 60.7 Å². The highest BCUT2D eigenvalue weighted by Crippen LogP contribution is 2.37. The van der Waals surface area contributed by atoms with Gasteiger partial charge in [0.1, 0.15) is 5.56 Å². The number of fused-ring (bicyclic) bond motifs is 4. The van der Waals surface area contributed by atoms with Crippen LogP contribution in [0.25, 0.3) is 11.1 Å². The Morgan fingerprint density at radius 1 is 0.914 bits per heavy atom. The summed E-state index contributed by atoms with van der Waals surface area (Å²) in [6.07, 6.45) is 0.458. The summed E-state index contributed by atoms with van der Waals surface area (Å²) >= 11 is 0. The van der Waals surface area contributed by atoms with Gasteiger partial charge in [-0.05, 0) is 40.8 Å². The molecule has 0 atom stereocenters. The lowest BCUT2D eigenvalue weighted by molar-refractivity contribution is -0.385. The van der Waals surface area contributed by atoms with E-state index < -0.39 is 35.0 Å². The van der Waals surface area contributed by atoms with E-state index in [-0.39, 0.29) is 29.9 Å². The van der Waals surface area contributed by atoms with E-state index in [2.05, 4.69) is 0 Å². The zero-order valence-electron chi connectivity index (χ0n) is 18.4. The van der Waals surface area contributed by atoms with Crippen molar-refractivity contribution in [3.63, 3.8) is 0 Å². The second-order valence-electron chi connectivity index (χ2n) is 8.26. The minimum atomic E-state index is -0.834. The van der Waals surface area contributed by atoms with Crippen LogP contribution < -0.4 is 0 Å². The second-order valence-corrected chi connectivity index (χ2v) is 8.26. The minimum Gasteiger partial charge on any atom is -0.457 e. The maximum Gasteiger partial charge on any atom is 0.308 e. The van der Waals surface area contributed by atoms with Crippen LogP contribution in [-0.4, -0.2) is 46.5 Å². The molecule has 1 aliphatic heterocycles. The van der Waals surface area contributed by atoms with Gasteiger partial charge in [-0.25, -0.2) is 0 Å². The molecule has 0 fully saturated rings. The molecule has 1 aliphatic carbocycles. The number of carbonyl (C=O) groups is 4. The fraction of sp³-hybridized carbons (Fsp3) is 0.154. The lowest BCUT2D eigenvalue weighted by Crippen LogP contribution is -2.32. The Balaban J connectivity index is 1.19. The average Bonchev–Trinajstić information content (AvgIpc) is 3.35. The zero-order valence-corrected chi connectivity index (χ0v) is 18.4. The molecule has 0 aromatic heterocycles. The number of nitro groups is 1. The van der Waals surface area contributed by atoms with Crippen LogP contribution in [-0.2, 0) is 16.0 Å². The summed E-state index contributed by atoms with van der Waals surface area (Å²) in [6, 6.07) is 17.1. The van der Waals surface area contributed by atoms with Crippen LogP contribution in [0.1, 0.15) is 48.6 Å². The molecule has 0 N–H and O–H groups in total. The number of esters is 1. The van der Waals surface area contributed by atoms with E-state index in [1.165, 1.54) is 17.7 Å². The largest absolute Gasteiger partial charge is 0.457 e. The first-order chi connectivity index (χ1) is 16.8. The van der Waals surface area contributed by atoms with E-state index in [9.17, 15) is 29.3 Å². The second kappa shape index (κ2) is 8.60. The summed E-state index contributed by atoms with van der Waals surface area (Å²) < 4.78 is 5.07. The van der Waals surface area contributed by atoms with E-state index >= 15 is 0 Å². The first-order valence-electron chi connectivity index (χ1n) is 10.9. The number of amides is 2. The summed E-state index contributed by atoms with van der Waals surface area (Å²) in [5.41, 5.74) is 3.97. The molecule has 174 valence electrons. The summed E-state index contributed by atoms with van der Waals surface area (Å²) in [5.74, 6) is -2.69. The van der Waals surface area contributed by atoms with Crippen molar-refractivity contribution in [1.82, 2.24) is 4.90 Å². The fourth-order valence-corrected chi connectivity index (χ4v) is 4.47. The molecule has 0 bridgehead atoms. The fourth-order valence-electron chi connectivity index (χ4n) is 4.47. The first kappa shape index (κ1) is 22.1. The Labute approximate surface area is 199 Å². The third kappa shape index (κ3) is 3.86. The number of carbonyl (C=O) groups excluding carboxylic acids is 4. The smallest absolute Gasteiger partial charge is 0.308 e. The van der Waals surface area contributed by atoms with Gasteiger partial charge in [0, 0.05) is 18.2 Å². The van der Waals surface area contributed by atoms with Crippen molar-refractivity contribution in [2.24, 2.45) is 0 Å². The van der Waals surface area contributed by atoms with Crippen LogP contribution >= 0.6 is 0 Å². The van der Waals surface area contributed by atoms with Crippen molar-refractivity contribution in [1.29, 1.82) is 0 Å². The molecule has 0 saturated carbocycles. The molecule has 3 aromatic rings. The van der Waals surface area contributed by atoms with Gasteiger partial charge >= 0.3 is 5.97 Å². The van der Waals surface area contributed by atoms with Crippen molar-refractivity contribution < 1.29 is 28.8 Å². The molecule has 9 heteroatoms. The lowest BCUT2D eigenvalue weighted by Gasteiger charge is -2.13. The molecule has 5 rings (SSSR count). The third-order valence-electron chi connectivity index (χ3n) is 6.20. The molecular weight excluding hydrogens is 452 g/mol. The summed E-state index contributed by atoms with van der Waals surface area (Å²) in [5, 5.41) is 11.2. The van der Waals surface area contributed by atoms with Crippen LogP contribution in [0.4, 0.5) is 5.69 Å². The van der Waals surface area contributed by atoms with Gasteiger partial charge in [-0.15, -0.1) is 0 Å². The van der Waals surface area contributed by atoms with Crippen LogP contribution in [0.2, 0.25) is 0 Å². The number of ketones is 1. The number of hydrogen-bond acceptors (Lipinski definition) is 7. The van der Waals surface area contributed by atoms with E-state index in [0.717, 1.165) is 34.1 Å². The molecule has 0 spiro atoms. The molecule has 0 unspecified atom stereocenters. The lowest BCUT2D eigenvalue weighted by atomic mass is 10.0. The summed E-state index contributed by atoms with van der Waals surface area (Å²) in [6.45, 7) is -0.793. The predicted octanol–water partition coefficient (Wildman–Crippen LogP) is 3.58. The molecule has 3 aromatic carbocycles. The van der Waals surface area contributed by atoms with E-state index in [1.54, 1.807) is 12.1 Å². The Bertz CT molecular complexity index is 1440. The van der Waals surface area contributed by atoms with Gasteiger partial charge in [-0.2, -0.15) is 0 Å². The maximum absolute atomic E-state index is 12.6. The average molecular weight is 470 g/mol. The van der Waals surface area contributed by atoms with Gasteiger partial charge in [-0.1, -0.05) is 42.5 Å². The van der Waals surface area contributed by atoms with E-state index in [4.69, 9.17) is 4.74 Å². The Kier molecular flexibility index (Phi) is 5.44. The quantitative estimate of drug-likeness (QED) is 0.133. The number of ether oxygens (including phenoxy) is 1. The number of rotatable bonds is 7. The normalized spacial score (nSPS) is 13.3. The van der Waals surface area contributed by atoms with Crippen LogP contribution in [0.3, 0.4) is 0 Å². The minimum absolute atomic E-state index is 0.0778. The molecule has 35 heavy (non-hydrogen) atoms. The number of nitrogens with zero attached hydrogens (tertiary/aromatic N) is 2. The zero-order chi connectivity index (χ0) is 24.7. The third-order valence-corrected chi connectivity index (χ3v) is 6.20. The Hall–Kier alpha value is -4.66. The highest BCUT2D eigenvalue weighted by atomic mass is 16.6. The van der Waals surface area contributed by atoms with E-state index in [1.807, 2.05) is 30.3 Å². The number of imide groups is 1. The summed E-state index contributed by atoms with van der Waals surface area (Å²) in [4.78, 5) is 61.1. The molecule has 1 heterocycles. The molecule has 2 aliphatic rings. The van der Waals surface area contributed by atoms with Gasteiger partial charge in [0.05, 0.1) is 16.9 Å². The number of benzene rings is 3. The van der Waals surface area contributed by atoms with Gasteiger partial charge in [-0.3, -0.25) is 34.2 Å². The topological polar surface area (TPSA) is 124 Å². The van der Waals surface area contributed by atoms with Gasteiger partial charge in [0.2, 0.25) is 0 Å². The monoisotopic (exact) mass is 470 g/mol. The number of nitro benzene ring substituents is 1. The molecular formula is C26H18N2O7. The van der Waals surface area contributed by atoms with Crippen molar-refractivity contribution in [2.45, 2.75) is 12.8 Å². The number of Topliss-reactive ketones (excluding diaryl/α,β-unsaturated/α-hetero) is 1. The van der Waals surface area contributed by atoms with Gasteiger partial charge in [0.15, 0.2) is 12.4 Å².